The highest BCUT2D eigenvalue weighted by molar-refractivity contribution is 6.11. The lowest BCUT2D eigenvalue weighted by Gasteiger charge is -2.28. The molecule has 15 nitrogen and oxygen atoms in total. The summed E-state index contributed by atoms with van der Waals surface area (Å²) in [6, 6.07) is 9.64. The monoisotopic (exact) mass is 714 g/mol. The third-order valence-electron chi connectivity index (χ3n) is 7.88. The number of amides is 2. The van der Waals surface area contributed by atoms with E-state index in [1.54, 1.807) is 0 Å². The van der Waals surface area contributed by atoms with Crippen molar-refractivity contribution in [2.45, 2.75) is 25.0 Å². The number of carbonyl (C=O) groups excluding carboxylic acids is 3. The molecule has 0 aromatic heterocycles. The van der Waals surface area contributed by atoms with E-state index in [1.807, 2.05) is 0 Å². The second-order valence-corrected chi connectivity index (χ2v) is 11.1. The molecule has 1 fully saturated rings. The summed E-state index contributed by atoms with van der Waals surface area (Å²) in [6.45, 7) is -0.374. The molecular formula is C35H39FN2O13. The second kappa shape index (κ2) is 17.9. The van der Waals surface area contributed by atoms with Crippen LogP contribution in [0.4, 0.5) is 9.18 Å². The summed E-state index contributed by atoms with van der Waals surface area (Å²) >= 11 is 0. The van der Waals surface area contributed by atoms with Crippen molar-refractivity contribution in [3.63, 3.8) is 0 Å². The van der Waals surface area contributed by atoms with E-state index in [9.17, 15) is 24.3 Å². The van der Waals surface area contributed by atoms with Crippen molar-refractivity contribution < 1.29 is 66.6 Å². The Morgan fingerprint density at radius 2 is 1.45 bits per heavy atom. The van der Waals surface area contributed by atoms with Crippen LogP contribution in [0.5, 0.6) is 28.7 Å². The Morgan fingerprint density at radius 3 is 2.04 bits per heavy atom. The van der Waals surface area contributed by atoms with E-state index in [0.29, 0.717) is 6.42 Å². The van der Waals surface area contributed by atoms with Crippen molar-refractivity contribution in [3.05, 3.63) is 76.6 Å². The Bertz CT molecular complexity index is 1690. The predicted octanol–water partition coefficient (Wildman–Crippen LogP) is 4.15. The maximum Gasteiger partial charge on any atom is 0.407 e. The van der Waals surface area contributed by atoms with Crippen molar-refractivity contribution >= 4 is 23.8 Å². The molecule has 1 aliphatic rings. The predicted molar refractivity (Wildman–Crippen MR) is 177 cm³/mol. The molecule has 4 rings (SSSR count). The van der Waals surface area contributed by atoms with Gasteiger partial charge in [0.1, 0.15) is 29.0 Å². The molecule has 2 atom stereocenters. The Kier molecular flexibility index (Phi) is 13.4. The summed E-state index contributed by atoms with van der Waals surface area (Å²) in [4.78, 5) is 53.3. The molecule has 51 heavy (non-hydrogen) atoms. The number of hydrogen-bond donors (Lipinski definition) is 2. The third-order valence-corrected chi connectivity index (χ3v) is 7.88. The maximum atomic E-state index is 15.0. The number of methoxy groups -OCH3 is 5. The van der Waals surface area contributed by atoms with Gasteiger partial charge in [0, 0.05) is 50.6 Å². The van der Waals surface area contributed by atoms with Gasteiger partial charge < -0.3 is 53.2 Å². The van der Waals surface area contributed by atoms with Crippen LogP contribution in [0.2, 0.25) is 0 Å². The Morgan fingerprint density at radius 1 is 0.824 bits per heavy atom. The number of carbonyl (C=O) groups is 4. The topological polar surface area (TPSA) is 178 Å². The van der Waals surface area contributed by atoms with Crippen LogP contribution < -0.4 is 29.0 Å². The van der Waals surface area contributed by atoms with E-state index in [-0.39, 0.29) is 84.1 Å². The number of halogens is 1. The second-order valence-electron chi connectivity index (χ2n) is 11.1. The zero-order valence-electron chi connectivity index (χ0n) is 28.7. The van der Waals surface area contributed by atoms with Gasteiger partial charge in [-0.05, 0) is 37.1 Å². The fourth-order valence-corrected chi connectivity index (χ4v) is 5.35. The standard InChI is InChI=1S/C35H39FN2O13/c1-44-18-49-27-16-23(46-3)15-24(36)30(27)31(39)20-8-10-21(11-9-20)34(41)51-26-7-6-12-38(35(42)43)17-25(26)37-33(40)22-13-28(47-4)32(50-19-45-2)29(14-22)48-5/h8-11,13-16,25-26H,6-7,12,17-19H2,1-5H3,(H,37,40)(H,42,43)/t25-,26-/m1/s1. The number of benzene rings is 3. The number of ether oxygens (including phenoxy) is 8. The average Bonchev–Trinajstić information content (AvgIpc) is 3.33. The molecule has 1 saturated heterocycles. The van der Waals surface area contributed by atoms with Crippen LogP contribution in [0, 0.1) is 5.82 Å². The number of hydrogen-bond acceptors (Lipinski definition) is 12. The van der Waals surface area contributed by atoms with E-state index < -0.39 is 41.7 Å². The molecule has 1 heterocycles. The largest absolute Gasteiger partial charge is 0.497 e. The van der Waals surface area contributed by atoms with Crippen LogP contribution in [0.15, 0.2) is 48.5 Å². The van der Waals surface area contributed by atoms with E-state index in [4.69, 9.17) is 37.9 Å². The van der Waals surface area contributed by atoms with E-state index in [1.165, 1.54) is 78.0 Å². The molecule has 274 valence electrons. The highest BCUT2D eigenvalue weighted by Gasteiger charge is 2.34. The Balaban J connectivity index is 1.55. The fourth-order valence-electron chi connectivity index (χ4n) is 5.35. The highest BCUT2D eigenvalue weighted by atomic mass is 19.1. The van der Waals surface area contributed by atoms with Crippen LogP contribution in [0.3, 0.4) is 0 Å². The first kappa shape index (κ1) is 38.2. The van der Waals surface area contributed by atoms with Gasteiger partial charge in [0.05, 0.1) is 32.9 Å². The number of ketones is 1. The first-order valence-electron chi connectivity index (χ1n) is 15.6. The van der Waals surface area contributed by atoms with Crippen molar-refractivity contribution in [1.82, 2.24) is 10.2 Å². The molecule has 0 spiro atoms. The number of esters is 1. The number of likely N-dealkylation sites (tertiary alicyclic amines) is 1. The first-order chi connectivity index (χ1) is 24.5. The van der Waals surface area contributed by atoms with Crippen LogP contribution in [-0.4, -0.2) is 108 Å². The normalized spacial score (nSPS) is 15.6. The van der Waals surface area contributed by atoms with Gasteiger partial charge in [-0.1, -0.05) is 12.1 Å². The summed E-state index contributed by atoms with van der Waals surface area (Å²) in [7, 11) is 6.93. The van der Waals surface area contributed by atoms with Crippen LogP contribution in [0.25, 0.3) is 0 Å². The zero-order chi connectivity index (χ0) is 37.1. The summed E-state index contributed by atoms with van der Waals surface area (Å²) < 4.78 is 57.5. The van der Waals surface area contributed by atoms with Gasteiger partial charge in [-0.25, -0.2) is 14.0 Å². The summed E-state index contributed by atoms with van der Waals surface area (Å²) in [5.74, 6) is -2.38. The molecule has 0 aliphatic carbocycles. The number of carboxylic acid groups (broad SMARTS) is 1. The van der Waals surface area contributed by atoms with Crippen LogP contribution in [0.1, 0.15) is 49.5 Å². The van der Waals surface area contributed by atoms with Gasteiger partial charge in [-0.2, -0.15) is 0 Å². The van der Waals surface area contributed by atoms with Crippen molar-refractivity contribution in [2.75, 3.05) is 62.2 Å². The SMILES string of the molecule is COCOc1cc(OC)cc(F)c1C(=O)c1ccc(C(=O)O[C@@H]2CCCN(C(=O)O)C[C@H]2NC(=O)c2cc(OC)c(OCOC)c(OC)c2)cc1. The number of rotatable bonds is 15. The maximum absolute atomic E-state index is 15.0. The molecular weight excluding hydrogens is 675 g/mol. The molecule has 3 aromatic carbocycles. The van der Waals surface area contributed by atoms with Crippen molar-refractivity contribution in [2.24, 2.45) is 0 Å². The van der Waals surface area contributed by atoms with Gasteiger partial charge in [-0.15, -0.1) is 0 Å². The average molecular weight is 715 g/mol. The first-order valence-corrected chi connectivity index (χ1v) is 15.6. The molecule has 0 radical (unpaired) electrons. The lowest BCUT2D eigenvalue weighted by molar-refractivity contribution is 0.0178. The zero-order valence-corrected chi connectivity index (χ0v) is 28.7. The van der Waals surface area contributed by atoms with Gasteiger partial charge >= 0.3 is 12.1 Å². The number of nitrogens with one attached hydrogen (secondary N) is 1. The van der Waals surface area contributed by atoms with Crippen LogP contribution in [-0.2, 0) is 14.2 Å². The lowest BCUT2D eigenvalue weighted by Crippen LogP contribution is -2.51. The molecule has 16 heteroatoms. The molecule has 2 amide bonds. The molecule has 1 aliphatic heterocycles. The lowest BCUT2D eigenvalue weighted by atomic mass is 10.00. The smallest absolute Gasteiger partial charge is 0.407 e. The van der Waals surface area contributed by atoms with Crippen molar-refractivity contribution in [3.8, 4) is 28.7 Å². The highest BCUT2D eigenvalue weighted by Crippen LogP contribution is 2.39. The van der Waals surface area contributed by atoms with Gasteiger partial charge in [-0.3, -0.25) is 9.59 Å². The van der Waals surface area contributed by atoms with Crippen LogP contribution >= 0.6 is 0 Å². The quantitative estimate of drug-likeness (QED) is 0.131. The van der Waals surface area contributed by atoms with Gasteiger partial charge in [0.15, 0.2) is 30.9 Å². The van der Waals surface area contributed by atoms with E-state index in [0.717, 1.165) is 11.0 Å². The minimum atomic E-state index is -1.20. The fraction of sp³-hybridized carbons (Fsp3) is 0.371. The molecule has 0 unspecified atom stereocenters. The van der Waals surface area contributed by atoms with E-state index >= 15 is 4.39 Å². The summed E-state index contributed by atoms with van der Waals surface area (Å²) in [5.41, 5.74) is -0.133. The minimum Gasteiger partial charge on any atom is -0.497 e. The Labute approximate surface area is 293 Å². The minimum absolute atomic E-state index is 0.0547. The molecule has 3 aromatic rings. The van der Waals surface area contributed by atoms with Crippen molar-refractivity contribution in [1.29, 1.82) is 0 Å². The summed E-state index contributed by atoms with van der Waals surface area (Å²) in [5, 5.41) is 12.5. The summed E-state index contributed by atoms with van der Waals surface area (Å²) in [6.07, 6.45) is -1.56. The Hall–Kier alpha value is -5.61. The molecule has 2 N–H and O–H groups in total. The van der Waals surface area contributed by atoms with Gasteiger partial charge in [0.25, 0.3) is 5.91 Å². The van der Waals surface area contributed by atoms with Gasteiger partial charge in [0.2, 0.25) is 5.75 Å². The molecule has 0 bridgehead atoms. The number of nitrogens with zero attached hydrogens (tertiary/aromatic N) is 1. The molecule has 0 saturated carbocycles. The third kappa shape index (κ3) is 9.34. The van der Waals surface area contributed by atoms with E-state index in [2.05, 4.69) is 5.32 Å².